The molecule has 0 bridgehead atoms. The van der Waals surface area contributed by atoms with Gasteiger partial charge in [0.05, 0.1) is 19.3 Å². The molecule has 0 unspecified atom stereocenters. The molecule has 0 saturated carbocycles. The number of esters is 1. The Hall–Kier alpha value is -2.34. The molecular weight excluding hydrogens is 318 g/mol. The fourth-order valence-corrected chi connectivity index (χ4v) is 3.56. The summed E-state index contributed by atoms with van der Waals surface area (Å²) in [7, 11) is 1.34. The lowest BCUT2D eigenvalue weighted by molar-refractivity contribution is -0.118. The van der Waals surface area contributed by atoms with E-state index in [0.717, 1.165) is 35.9 Å². The number of benzene rings is 1. The van der Waals surface area contributed by atoms with Gasteiger partial charge in [-0.1, -0.05) is 18.6 Å². The largest absolute Gasteiger partial charge is 0.464 e. The lowest BCUT2D eigenvalue weighted by Crippen LogP contribution is -2.42. The van der Waals surface area contributed by atoms with Crippen molar-refractivity contribution in [1.82, 2.24) is 9.88 Å². The lowest BCUT2D eigenvalue weighted by Gasteiger charge is -2.32. The maximum Gasteiger partial charge on any atom is 0.356 e. The van der Waals surface area contributed by atoms with E-state index in [0.29, 0.717) is 18.3 Å². The Morgan fingerprint density at radius 1 is 1.36 bits per heavy atom. The van der Waals surface area contributed by atoms with Crippen LogP contribution in [0.2, 0.25) is 0 Å². The van der Waals surface area contributed by atoms with Crippen LogP contribution in [-0.2, 0) is 9.53 Å². The number of anilines is 1. The zero-order valence-electron chi connectivity index (χ0n) is 15.0. The van der Waals surface area contributed by atoms with E-state index >= 15 is 0 Å². The Bertz CT molecular complexity index is 797. The van der Waals surface area contributed by atoms with Gasteiger partial charge in [-0.3, -0.25) is 9.69 Å². The van der Waals surface area contributed by atoms with Crippen LogP contribution in [0.15, 0.2) is 18.2 Å². The Labute approximate surface area is 147 Å². The number of hydrogen-bond donors (Lipinski definition) is 2. The van der Waals surface area contributed by atoms with Crippen molar-refractivity contribution >= 4 is 28.5 Å². The Balaban J connectivity index is 1.88. The monoisotopic (exact) mass is 343 g/mol. The third kappa shape index (κ3) is 3.54. The number of piperidine rings is 1. The van der Waals surface area contributed by atoms with E-state index < -0.39 is 5.97 Å². The first-order valence-corrected chi connectivity index (χ1v) is 8.74. The average molecular weight is 343 g/mol. The zero-order chi connectivity index (χ0) is 18.0. The molecule has 1 fully saturated rings. The van der Waals surface area contributed by atoms with E-state index in [4.69, 9.17) is 4.74 Å². The number of aromatic amines is 1. The summed E-state index contributed by atoms with van der Waals surface area (Å²) in [5.41, 5.74) is 2.59. The number of amides is 1. The smallest absolute Gasteiger partial charge is 0.356 e. The van der Waals surface area contributed by atoms with Crippen LogP contribution >= 0.6 is 0 Å². The third-order valence-corrected chi connectivity index (χ3v) is 4.97. The van der Waals surface area contributed by atoms with Crippen LogP contribution in [0, 0.1) is 6.92 Å². The van der Waals surface area contributed by atoms with Crippen molar-refractivity contribution in [3.05, 3.63) is 29.5 Å². The first kappa shape index (κ1) is 17.5. The summed E-state index contributed by atoms with van der Waals surface area (Å²) in [4.78, 5) is 30.0. The minimum atomic E-state index is -0.489. The van der Waals surface area contributed by atoms with Gasteiger partial charge in [-0.05, 0) is 44.9 Å². The van der Waals surface area contributed by atoms with Gasteiger partial charge >= 0.3 is 5.97 Å². The number of aryl methyl sites for hydroxylation is 1. The molecule has 6 nitrogen and oxygen atoms in total. The number of nitrogens with one attached hydrogen (secondary N) is 2. The number of H-pyrrole nitrogens is 1. The molecule has 134 valence electrons. The Kier molecular flexibility index (Phi) is 5.08. The lowest BCUT2D eigenvalue weighted by atomic mass is 10.0. The predicted octanol–water partition coefficient (Wildman–Crippen LogP) is 3.08. The number of aromatic nitrogens is 1. The number of rotatable bonds is 4. The van der Waals surface area contributed by atoms with Crippen LogP contribution in [0.25, 0.3) is 10.9 Å². The van der Waals surface area contributed by atoms with Crippen LogP contribution < -0.4 is 5.32 Å². The van der Waals surface area contributed by atoms with Crippen molar-refractivity contribution < 1.29 is 14.3 Å². The number of carbonyl (C=O) groups excluding carboxylic acids is 2. The topological polar surface area (TPSA) is 74.4 Å². The molecule has 1 saturated heterocycles. The molecule has 2 heterocycles. The second-order valence-electron chi connectivity index (χ2n) is 6.73. The molecule has 1 aromatic carbocycles. The highest BCUT2D eigenvalue weighted by atomic mass is 16.5. The SMILES string of the molecule is COC(=O)c1[nH]c2cccc(C)c2c1NC(=O)CN1CCCC[C@@H]1C. The fourth-order valence-electron chi connectivity index (χ4n) is 3.56. The normalized spacial score (nSPS) is 18.3. The number of nitrogens with zero attached hydrogens (tertiary/aromatic N) is 1. The van der Waals surface area contributed by atoms with Crippen molar-refractivity contribution in [3.63, 3.8) is 0 Å². The summed E-state index contributed by atoms with van der Waals surface area (Å²) in [6.07, 6.45) is 3.46. The maximum atomic E-state index is 12.6. The summed E-state index contributed by atoms with van der Waals surface area (Å²) in [6.45, 7) is 5.38. The zero-order valence-corrected chi connectivity index (χ0v) is 15.0. The van der Waals surface area contributed by atoms with Gasteiger partial charge in [0.15, 0.2) is 0 Å². The van der Waals surface area contributed by atoms with E-state index in [1.807, 2.05) is 25.1 Å². The molecule has 2 aromatic rings. The fraction of sp³-hybridized carbons (Fsp3) is 0.474. The van der Waals surface area contributed by atoms with E-state index in [1.165, 1.54) is 13.5 Å². The van der Waals surface area contributed by atoms with Gasteiger partial charge < -0.3 is 15.0 Å². The van der Waals surface area contributed by atoms with E-state index in [2.05, 4.69) is 22.1 Å². The summed E-state index contributed by atoms with van der Waals surface area (Å²) in [5.74, 6) is -0.597. The minimum absolute atomic E-state index is 0.108. The van der Waals surface area contributed by atoms with Crippen LogP contribution in [0.3, 0.4) is 0 Å². The van der Waals surface area contributed by atoms with Crippen molar-refractivity contribution in [1.29, 1.82) is 0 Å². The van der Waals surface area contributed by atoms with Crippen LogP contribution in [0.5, 0.6) is 0 Å². The molecule has 2 N–H and O–H groups in total. The van der Waals surface area contributed by atoms with Gasteiger partial charge in [0.25, 0.3) is 0 Å². The van der Waals surface area contributed by atoms with E-state index in [-0.39, 0.29) is 11.6 Å². The Morgan fingerprint density at radius 3 is 2.88 bits per heavy atom. The number of hydrogen-bond acceptors (Lipinski definition) is 4. The molecule has 1 aromatic heterocycles. The van der Waals surface area contributed by atoms with Gasteiger partial charge in [-0.15, -0.1) is 0 Å². The van der Waals surface area contributed by atoms with Crippen molar-refractivity contribution in [3.8, 4) is 0 Å². The van der Waals surface area contributed by atoms with E-state index in [9.17, 15) is 9.59 Å². The van der Waals surface area contributed by atoms with Gasteiger partial charge in [0, 0.05) is 16.9 Å². The number of carbonyl (C=O) groups is 2. The first-order valence-electron chi connectivity index (χ1n) is 8.74. The average Bonchev–Trinajstić information content (AvgIpc) is 2.96. The number of methoxy groups -OCH3 is 1. The summed E-state index contributed by atoms with van der Waals surface area (Å²) in [5, 5.41) is 3.79. The second-order valence-corrected chi connectivity index (χ2v) is 6.73. The minimum Gasteiger partial charge on any atom is -0.464 e. The molecule has 1 atom stereocenters. The molecule has 0 radical (unpaired) electrons. The molecule has 0 aliphatic carbocycles. The van der Waals surface area contributed by atoms with E-state index in [1.54, 1.807) is 0 Å². The summed E-state index contributed by atoms with van der Waals surface area (Å²) < 4.78 is 4.86. The summed E-state index contributed by atoms with van der Waals surface area (Å²) >= 11 is 0. The Morgan fingerprint density at radius 2 is 2.16 bits per heavy atom. The van der Waals surface area contributed by atoms with Crippen molar-refractivity contribution in [2.24, 2.45) is 0 Å². The number of ether oxygens (including phenoxy) is 1. The van der Waals surface area contributed by atoms with Gasteiger partial charge in [-0.25, -0.2) is 4.79 Å². The highest BCUT2D eigenvalue weighted by Crippen LogP contribution is 2.31. The van der Waals surface area contributed by atoms with Crippen LogP contribution in [0.1, 0.15) is 42.2 Å². The summed E-state index contributed by atoms with van der Waals surface area (Å²) in [6, 6.07) is 6.16. The standard InChI is InChI=1S/C19H25N3O3/c1-12-7-6-9-14-16(12)17(18(20-14)19(24)25-3)21-15(23)11-22-10-5-4-8-13(22)2/h6-7,9,13,20H,4-5,8,10-11H2,1-3H3,(H,21,23)/t13-/m0/s1. The molecular formula is C19H25N3O3. The van der Waals surface area contributed by atoms with Crippen molar-refractivity contribution in [2.75, 3.05) is 25.5 Å². The van der Waals surface area contributed by atoms with Crippen LogP contribution in [-0.4, -0.2) is 48.0 Å². The van der Waals surface area contributed by atoms with Crippen molar-refractivity contribution in [2.45, 2.75) is 39.2 Å². The predicted molar refractivity (Wildman–Crippen MR) is 97.9 cm³/mol. The molecule has 1 aliphatic rings. The molecule has 0 spiro atoms. The third-order valence-electron chi connectivity index (χ3n) is 4.97. The van der Waals surface area contributed by atoms with Crippen LogP contribution in [0.4, 0.5) is 5.69 Å². The molecule has 3 rings (SSSR count). The van der Waals surface area contributed by atoms with Gasteiger partial charge in [0.1, 0.15) is 5.69 Å². The van der Waals surface area contributed by atoms with Gasteiger partial charge in [-0.2, -0.15) is 0 Å². The number of fused-ring (bicyclic) bond motifs is 1. The molecule has 6 heteroatoms. The highest BCUT2D eigenvalue weighted by molar-refractivity contribution is 6.12. The highest BCUT2D eigenvalue weighted by Gasteiger charge is 2.24. The molecule has 1 amide bonds. The first-order chi connectivity index (χ1) is 12.0. The number of likely N-dealkylation sites (tertiary alicyclic amines) is 1. The molecule has 1 aliphatic heterocycles. The second kappa shape index (κ2) is 7.27. The molecule has 25 heavy (non-hydrogen) atoms. The maximum absolute atomic E-state index is 12.6. The quantitative estimate of drug-likeness (QED) is 0.837. The van der Waals surface area contributed by atoms with Gasteiger partial charge in [0.2, 0.25) is 5.91 Å².